The van der Waals surface area contributed by atoms with Crippen molar-refractivity contribution in [2.75, 3.05) is 6.54 Å². The van der Waals surface area contributed by atoms with Crippen molar-refractivity contribution in [1.82, 2.24) is 9.47 Å². The third kappa shape index (κ3) is 3.87. The normalized spacial score (nSPS) is 13.8. The third-order valence-electron chi connectivity index (χ3n) is 4.69. The molecule has 2 nitrogen and oxygen atoms in total. The fourth-order valence-corrected chi connectivity index (χ4v) is 3.44. The molecule has 4 rings (SSSR count). The number of benzene rings is 2. The van der Waals surface area contributed by atoms with E-state index in [0.717, 1.165) is 31.7 Å². The lowest BCUT2D eigenvalue weighted by molar-refractivity contribution is 0.213. The van der Waals surface area contributed by atoms with Gasteiger partial charge in [0, 0.05) is 49.2 Å². The molecule has 0 radical (unpaired) electrons. The predicted octanol–water partition coefficient (Wildman–Crippen LogP) is 4.35. The molecule has 0 spiro atoms. The number of aromatic nitrogens is 1. The van der Waals surface area contributed by atoms with Crippen LogP contribution in [0.25, 0.3) is 0 Å². The Morgan fingerprint density at radius 3 is 2.65 bits per heavy atom. The number of fused-ring (bicyclic) bond motifs is 1. The first-order valence-corrected chi connectivity index (χ1v) is 8.90. The third-order valence-corrected chi connectivity index (χ3v) is 4.69. The Morgan fingerprint density at radius 1 is 0.962 bits per heavy atom. The monoisotopic (exact) mass is 344 g/mol. The molecule has 0 N–H and O–H groups in total. The second kappa shape index (κ2) is 7.19. The second-order valence-electron chi connectivity index (χ2n) is 6.87. The van der Waals surface area contributed by atoms with Crippen LogP contribution in [0.2, 0.25) is 0 Å². The molecule has 3 aromatic rings. The molecule has 130 valence electrons. The van der Waals surface area contributed by atoms with Crippen molar-refractivity contribution >= 4 is 0 Å². The van der Waals surface area contributed by atoms with Crippen LogP contribution in [0.4, 0.5) is 4.39 Å². The zero-order valence-corrected chi connectivity index (χ0v) is 14.9. The number of nitrogens with zero attached hydrogens (tertiary/aromatic N) is 2. The van der Waals surface area contributed by atoms with Crippen molar-refractivity contribution < 1.29 is 4.39 Å². The summed E-state index contributed by atoms with van der Waals surface area (Å²) >= 11 is 0. The maximum atomic E-state index is 13.2. The minimum atomic E-state index is -0.250. The number of rotatable bonds is 2. The van der Waals surface area contributed by atoms with E-state index in [-0.39, 0.29) is 5.82 Å². The molecule has 26 heavy (non-hydrogen) atoms. The maximum absolute atomic E-state index is 13.2. The molecule has 1 aliphatic rings. The van der Waals surface area contributed by atoms with E-state index in [1.807, 2.05) is 6.07 Å². The van der Waals surface area contributed by atoms with Crippen molar-refractivity contribution in [2.24, 2.45) is 0 Å². The van der Waals surface area contributed by atoms with Crippen molar-refractivity contribution in [3.63, 3.8) is 0 Å². The van der Waals surface area contributed by atoms with Gasteiger partial charge < -0.3 is 4.57 Å². The lowest BCUT2D eigenvalue weighted by Gasteiger charge is -2.28. The molecule has 2 aromatic carbocycles. The van der Waals surface area contributed by atoms with Gasteiger partial charge in [-0.3, -0.25) is 4.90 Å². The van der Waals surface area contributed by atoms with Crippen LogP contribution in [0.1, 0.15) is 27.9 Å². The van der Waals surface area contributed by atoms with Gasteiger partial charge in [-0.2, -0.15) is 0 Å². The van der Waals surface area contributed by atoms with Gasteiger partial charge in [-0.05, 0) is 36.8 Å². The minimum absolute atomic E-state index is 0.250. The standard InChI is InChI=1S/C23H21FN2/c1-18-4-2-6-20(12-18)15-25-10-11-26-16-21(14-23(26)17-25)9-8-19-5-3-7-22(24)13-19/h2-7,12-14,16H,10-11,15,17H2,1H3. The quantitative estimate of drug-likeness (QED) is 0.628. The van der Waals surface area contributed by atoms with Crippen molar-refractivity contribution in [3.05, 3.63) is 94.6 Å². The fraction of sp³-hybridized carbons (Fsp3) is 0.217. The number of halogens is 1. The van der Waals surface area contributed by atoms with Gasteiger partial charge in [0.25, 0.3) is 0 Å². The van der Waals surface area contributed by atoms with Crippen LogP contribution in [0.15, 0.2) is 60.8 Å². The molecule has 0 saturated carbocycles. The highest BCUT2D eigenvalue weighted by molar-refractivity contribution is 5.43. The summed E-state index contributed by atoms with van der Waals surface area (Å²) in [7, 11) is 0. The molecule has 1 aromatic heterocycles. The average molecular weight is 344 g/mol. The molecule has 3 heteroatoms. The SMILES string of the molecule is Cc1cccc(CN2CCn3cc(C#Cc4cccc(F)c4)cc3C2)c1. The molecule has 0 aliphatic carbocycles. The van der Waals surface area contributed by atoms with Crippen molar-refractivity contribution in [3.8, 4) is 11.8 Å². The van der Waals surface area contributed by atoms with Gasteiger partial charge in [0.05, 0.1) is 0 Å². The van der Waals surface area contributed by atoms with Gasteiger partial charge in [0.1, 0.15) is 5.82 Å². The summed E-state index contributed by atoms with van der Waals surface area (Å²) in [6.07, 6.45) is 2.10. The highest BCUT2D eigenvalue weighted by Gasteiger charge is 2.16. The van der Waals surface area contributed by atoms with Crippen LogP contribution in [-0.2, 0) is 19.6 Å². The van der Waals surface area contributed by atoms with Gasteiger partial charge in [-0.25, -0.2) is 4.39 Å². The Labute approximate surface area is 153 Å². The summed E-state index contributed by atoms with van der Waals surface area (Å²) in [5.41, 5.74) is 5.64. The van der Waals surface area contributed by atoms with E-state index in [4.69, 9.17) is 0 Å². The van der Waals surface area contributed by atoms with E-state index in [1.165, 1.54) is 29.0 Å². The molecular formula is C23H21FN2. The molecule has 0 fully saturated rings. The Balaban J connectivity index is 1.47. The van der Waals surface area contributed by atoms with Crippen molar-refractivity contribution in [1.29, 1.82) is 0 Å². The Bertz CT molecular complexity index is 991. The summed E-state index contributed by atoms with van der Waals surface area (Å²) < 4.78 is 15.5. The second-order valence-corrected chi connectivity index (χ2v) is 6.87. The average Bonchev–Trinajstić information content (AvgIpc) is 3.02. The summed E-state index contributed by atoms with van der Waals surface area (Å²) in [6, 6.07) is 17.3. The topological polar surface area (TPSA) is 8.17 Å². The largest absolute Gasteiger partial charge is 0.348 e. The van der Waals surface area contributed by atoms with Crippen LogP contribution < -0.4 is 0 Å². The summed E-state index contributed by atoms with van der Waals surface area (Å²) in [4.78, 5) is 2.47. The highest BCUT2D eigenvalue weighted by Crippen LogP contribution is 2.18. The van der Waals surface area contributed by atoms with Crippen LogP contribution in [0, 0.1) is 24.6 Å². The Kier molecular flexibility index (Phi) is 4.60. The predicted molar refractivity (Wildman–Crippen MR) is 102 cm³/mol. The zero-order valence-electron chi connectivity index (χ0n) is 14.9. The minimum Gasteiger partial charge on any atom is -0.348 e. The van der Waals surface area contributed by atoms with Crippen LogP contribution in [0.3, 0.4) is 0 Å². The van der Waals surface area contributed by atoms with Gasteiger partial charge >= 0.3 is 0 Å². The van der Waals surface area contributed by atoms with E-state index in [0.29, 0.717) is 5.56 Å². The molecular weight excluding hydrogens is 323 g/mol. The van der Waals surface area contributed by atoms with E-state index >= 15 is 0 Å². The fourth-order valence-electron chi connectivity index (χ4n) is 3.44. The molecule has 0 amide bonds. The van der Waals surface area contributed by atoms with Gasteiger partial charge in [0.15, 0.2) is 0 Å². The molecule has 1 aliphatic heterocycles. The molecule has 0 bridgehead atoms. The smallest absolute Gasteiger partial charge is 0.124 e. The molecule has 0 atom stereocenters. The summed E-state index contributed by atoms with van der Waals surface area (Å²) in [5, 5.41) is 0. The maximum Gasteiger partial charge on any atom is 0.124 e. The van der Waals surface area contributed by atoms with E-state index < -0.39 is 0 Å². The number of aryl methyl sites for hydroxylation is 1. The first-order valence-electron chi connectivity index (χ1n) is 8.90. The first kappa shape index (κ1) is 16.6. The van der Waals surface area contributed by atoms with E-state index in [2.05, 4.69) is 64.8 Å². The summed E-state index contributed by atoms with van der Waals surface area (Å²) in [6.45, 7) is 6.04. The van der Waals surface area contributed by atoms with Gasteiger partial charge in [0.2, 0.25) is 0 Å². The van der Waals surface area contributed by atoms with Crippen molar-refractivity contribution in [2.45, 2.75) is 26.6 Å². The number of hydrogen-bond donors (Lipinski definition) is 0. The molecule has 2 heterocycles. The Hall–Kier alpha value is -2.83. The summed E-state index contributed by atoms with van der Waals surface area (Å²) in [5.74, 6) is 5.96. The van der Waals surface area contributed by atoms with Gasteiger partial charge in [-0.1, -0.05) is 47.7 Å². The van der Waals surface area contributed by atoms with Gasteiger partial charge in [-0.15, -0.1) is 0 Å². The van der Waals surface area contributed by atoms with Crippen LogP contribution in [0.5, 0.6) is 0 Å². The van der Waals surface area contributed by atoms with Crippen LogP contribution >= 0.6 is 0 Å². The lowest BCUT2D eigenvalue weighted by atomic mass is 10.1. The first-order chi connectivity index (χ1) is 12.7. The molecule has 0 saturated heterocycles. The Morgan fingerprint density at radius 2 is 1.81 bits per heavy atom. The lowest BCUT2D eigenvalue weighted by Crippen LogP contribution is -2.32. The molecule has 0 unspecified atom stereocenters. The van der Waals surface area contributed by atoms with E-state index in [9.17, 15) is 4.39 Å². The van der Waals surface area contributed by atoms with E-state index in [1.54, 1.807) is 6.07 Å². The number of hydrogen-bond acceptors (Lipinski definition) is 1. The highest BCUT2D eigenvalue weighted by atomic mass is 19.1. The van der Waals surface area contributed by atoms with Crippen LogP contribution in [-0.4, -0.2) is 16.0 Å². The zero-order chi connectivity index (χ0) is 17.9.